The molecule has 1 aromatic rings. The third-order valence-electron chi connectivity index (χ3n) is 3.35. The molecule has 0 radical (unpaired) electrons. The van der Waals surface area contributed by atoms with E-state index in [1.165, 1.54) is 0 Å². The highest BCUT2D eigenvalue weighted by Gasteiger charge is 2.26. The molecule has 1 saturated heterocycles. The van der Waals surface area contributed by atoms with E-state index in [2.05, 4.69) is 12.2 Å². The molecule has 1 heterocycles. The Kier molecular flexibility index (Phi) is 4.13. The van der Waals surface area contributed by atoms with Gasteiger partial charge in [-0.1, -0.05) is 37.6 Å². The van der Waals surface area contributed by atoms with Gasteiger partial charge in [-0.15, -0.1) is 0 Å². The van der Waals surface area contributed by atoms with Crippen LogP contribution in [-0.2, 0) is 11.2 Å². The zero-order valence-electron chi connectivity index (χ0n) is 10.7. The van der Waals surface area contributed by atoms with Gasteiger partial charge in [-0.2, -0.15) is 0 Å². The quantitative estimate of drug-likeness (QED) is 0.828. The normalized spacial score (nSPS) is 19.4. The van der Waals surface area contributed by atoms with Gasteiger partial charge in [-0.3, -0.25) is 9.59 Å². The van der Waals surface area contributed by atoms with Crippen molar-refractivity contribution in [2.24, 2.45) is 0 Å². The third kappa shape index (κ3) is 2.78. The third-order valence-corrected chi connectivity index (χ3v) is 3.35. The van der Waals surface area contributed by atoms with Gasteiger partial charge in [0.05, 0.1) is 6.04 Å². The maximum absolute atomic E-state index is 12.4. The minimum absolute atomic E-state index is 0.00688. The summed E-state index contributed by atoms with van der Waals surface area (Å²) in [6.07, 6.45) is 4.02. The maximum atomic E-state index is 12.4. The van der Waals surface area contributed by atoms with E-state index >= 15 is 0 Å². The van der Waals surface area contributed by atoms with Crippen molar-refractivity contribution in [1.82, 2.24) is 5.32 Å². The number of carbonyl (C=O) groups is 2. The topological polar surface area (TPSA) is 46.2 Å². The van der Waals surface area contributed by atoms with Gasteiger partial charge in [0.1, 0.15) is 0 Å². The van der Waals surface area contributed by atoms with Gasteiger partial charge in [0.2, 0.25) is 5.91 Å². The molecule has 0 aliphatic carbocycles. The van der Waals surface area contributed by atoms with Crippen LogP contribution in [0.1, 0.15) is 48.5 Å². The number of rotatable bonds is 4. The minimum atomic E-state index is -0.329. The molecule has 1 unspecified atom stereocenters. The summed E-state index contributed by atoms with van der Waals surface area (Å²) in [7, 11) is 0. The number of hydrogen-bond donors (Lipinski definition) is 1. The molecule has 1 amide bonds. The lowest BCUT2D eigenvalue weighted by molar-refractivity contribution is -0.122. The number of ketones is 1. The lowest BCUT2D eigenvalue weighted by atomic mass is 9.92. The molecule has 18 heavy (non-hydrogen) atoms. The van der Waals surface area contributed by atoms with Crippen molar-refractivity contribution < 1.29 is 9.59 Å². The Labute approximate surface area is 108 Å². The van der Waals surface area contributed by atoms with Crippen molar-refractivity contribution >= 4 is 11.7 Å². The summed E-state index contributed by atoms with van der Waals surface area (Å²) in [4.78, 5) is 23.8. The Morgan fingerprint density at radius 3 is 2.89 bits per heavy atom. The van der Waals surface area contributed by atoms with E-state index in [1.807, 2.05) is 24.3 Å². The van der Waals surface area contributed by atoms with E-state index in [1.54, 1.807) is 0 Å². The number of aryl methyl sites for hydroxylation is 1. The van der Waals surface area contributed by atoms with Crippen LogP contribution in [0.4, 0.5) is 0 Å². The zero-order valence-corrected chi connectivity index (χ0v) is 10.7. The molecule has 2 rings (SSSR count). The molecule has 1 aliphatic rings. The summed E-state index contributed by atoms with van der Waals surface area (Å²) < 4.78 is 0. The number of benzene rings is 1. The van der Waals surface area contributed by atoms with E-state index in [0.717, 1.165) is 36.8 Å². The van der Waals surface area contributed by atoms with Gasteiger partial charge in [0.15, 0.2) is 5.78 Å². The van der Waals surface area contributed by atoms with Crippen LogP contribution in [0.2, 0.25) is 0 Å². The lowest BCUT2D eigenvalue weighted by Gasteiger charge is -2.23. The number of hydrogen-bond acceptors (Lipinski definition) is 2. The van der Waals surface area contributed by atoms with Crippen LogP contribution in [0.25, 0.3) is 0 Å². The van der Waals surface area contributed by atoms with Crippen LogP contribution in [0, 0.1) is 0 Å². The van der Waals surface area contributed by atoms with E-state index in [9.17, 15) is 9.59 Å². The second-order valence-corrected chi connectivity index (χ2v) is 4.78. The Morgan fingerprint density at radius 2 is 2.17 bits per heavy atom. The van der Waals surface area contributed by atoms with Crippen molar-refractivity contribution in [1.29, 1.82) is 0 Å². The molecule has 0 bridgehead atoms. The van der Waals surface area contributed by atoms with Gasteiger partial charge in [0, 0.05) is 12.0 Å². The predicted molar refractivity (Wildman–Crippen MR) is 70.5 cm³/mol. The van der Waals surface area contributed by atoms with Crippen LogP contribution >= 0.6 is 0 Å². The van der Waals surface area contributed by atoms with Crippen molar-refractivity contribution in [2.75, 3.05) is 0 Å². The number of amides is 1. The first-order chi connectivity index (χ1) is 8.72. The second-order valence-electron chi connectivity index (χ2n) is 4.78. The highest BCUT2D eigenvalue weighted by Crippen LogP contribution is 2.18. The standard InChI is InChI=1S/C15H19NO2/c1-2-6-11-7-3-4-8-12(11)15(18)13-9-5-10-14(17)16-13/h3-4,7-8,13H,2,5-6,9-10H2,1H3,(H,16,17). The molecule has 1 aromatic carbocycles. The molecule has 1 atom stereocenters. The van der Waals surface area contributed by atoms with Gasteiger partial charge < -0.3 is 5.32 Å². The van der Waals surface area contributed by atoms with E-state index in [4.69, 9.17) is 0 Å². The first-order valence-corrected chi connectivity index (χ1v) is 6.64. The molecular weight excluding hydrogens is 226 g/mol. The number of carbonyl (C=O) groups excluding carboxylic acids is 2. The van der Waals surface area contributed by atoms with Crippen molar-refractivity contribution in [2.45, 2.75) is 45.1 Å². The number of Topliss-reactive ketones (excluding diaryl/α,β-unsaturated/α-hetero) is 1. The molecule has 1 aliphatic heterocycles. The summed E-state index contributed by atoms with van der Waals surface area (Å²) in [5, 5.41) is 2.80. The number of piperidine rings is 1. The first-order valence-electron chi connectivity index (χ1n) is 6.64. The largest absolute Gasteiger partial charge is 0.346 e. The summed E-state index contributed by atoms with van der Waals surface area (Å²) in [5.74, 6) is 0.0553. The van der Waals surface area contributed by atoms with Gasteiger partial charge in [0.25, 0.3) is 0 Å². The van der Waals surface area contributed by atoms with Crippen LogP contribution in [0.15, 0.2) is 24.3 Å². The summed E-state index contributed by atoms with van der Waals surface area (Å²) in [5.41, 5.74) is 1.86. The van der Waals surface area contributed by atoms with Gasteiger partial charge in [-0.25, -0.2) is 0 Å². The Morgan fingerprint density at radius 1 is 1.39 bits per heavy atom. The molecular formula is C15H19NO2. The fourth-order valence-electron chi connectivity index (χ4n) is 2.44. The SMILES string of the molecule is CCCc1ccccc1C(=O)C1CCCC(=O)N1. The Balaban J connectivity index is 2.19. The molecule has 96 valence electrons. The lowest BCUT2D eigenvalue weighted by Crippen LogP contribution is -2.44. The molecule has 1 N–H and O–H groups in total. The van der Waals surface area contributed by atoms with E-state index in [0.29, 0.717) is 6.42 Å². The van der Waals surface area contributed by atoms with Crippen molar-refractivity contribution in [3.05, 3.63) is 35.4 Å². The summed E-state index contributed by atoms with van der Waals surface area (Å²) in [6, 6.07) is 7.39. The average Bonchev–Trinajstić information content (AvgIpc) is 2.39. The Bertz CT molecular complexity index is 454. The molecule has 0 saturated carbocycles. The van der Waals surface area contributed by atoms with Crippen LogP contribution in [0.3, 0.4) is 0 Å². The van der Waals surface area contributed by atoms with E-state index < -0.39 is 0 Å². The molecule has 0 spiro atoms. The minimum Gasteiger partial charge on any atom is -0.346 e. The predicted octanol–water partition coefficient (Wildman–Crippen LogP) is 2.49. The van der Waals surface area contributed by atoms with Gasteiger partial charge >= 0.3 is 0 Å². The van der Waals surface area contributed by atoms with Crippen molar-refractivity contribution in [3.63, 3.8) is 0 Å². The second kappa shape index (κ2) is 5.80. The Hall–Kier alpha value is -1.64. The van der Waals surface area contributed by atoms with E-state index in [-0.39, 0.29) is 17.7 Å². The first kappa shape index (κ1) is 12.8. The number of nitrogens with one attached hydrogen (secondary N) is 1. The molecule has 3 nitrogen and oxygen atoms in total. The monoisotopic (exact) mass is 245 g/mol. The van der Waals surface area contributed by atoms with Crippen molar-refractivity contribution in [3.8, 4) is 0 Å². The molecule has 1 fully saturated rings. The smallest absolute Gasteiger partial charge is 0.220 e. The van der Waals surface area contributed by atoms with Gasteiger partial charge in [-0.05, 0) is 24.8 Å². The fraction of sp³-hybridized carbons (Fsp3) is 0.467. The molecule has 0 aromatic heterocycles. The van der Waals surface area contributed by atoms with Crippen LogP contribution < -0.4 is 5.32 Å². The zero-order chi connectivity index (χ0) is 13.0. The average molecular weight is 245 g/mol. The highest BCUT2D eigenvalue weighted by atomic mass is 16.2. The maximum Gasteiger partial charge on any atom is 0.220 e. The fourth-order valence-corrected chi connectivity index (χ4v) is 2.44. The summed E-state index contributed by atoms with van der Waals surface area (Å²) in [6.45, 7) is 2.10. The summed E-state index contributed by atoms with van der Waals surface area (Å²) >= 11 is 0. The van der Waals surface area contributed by atoms with Crippen LogP contribution in [0.5, 0.6) is 0 Å². The highest BCUT2D eigenvalue weighted by molar-refractivity contribution is 6.03. The van der Waals surface area contributed by atoms with Crippen LogP contribution in [-0.4, -0.2) is 17.7 Å². The molecule has 3 heteroatoms.